The number of carbonyl (C=O) groups is 1. The average Bonchev–Trinajstić information content (AvgIpc) is 2.57. The van der Waals surface area contributed by atoms with Crippen LogP contribution in [0.2, 0.25) is 0 Å². The fourth-order valence-electron chi connectivity index (χ4n) is 2.65. The molecule has 1 N–H and O–H groups in total. The SMILES string of the molecule is Cc1cccc(C)c1NC(=O)CCCSCc1ccccc1C(F)(F)F. The number of anilines is 1. The number of hydrogen-bond donors (Lipinski definition) is 1. The minimum absolute atomic E-state index is 0.0707. The third-order valence-electron chi connectivity index (χ3n) is 4.02. The molecule has 2 aromatic rings. The normalized spacial score (nSPS) is 11.4. The van der Waals surface area contributed by atoms with Crippen molar-refractivity contribution in [3.8, 4) is 0 Å². The van der Waals surface area contributed by atoms with E-state index in [0.717, 1.165) is 22.9 Å². The van der Waals surface area contributed by atoms with Crippen molar-refractivity contribution >= 4 is 23.4 Å². The van der Waals surface area contributed by atoms with Gasteiger partial charge in [-0.3, -0.25) is 4.79 Å². The lowest BCUT2D eigenvalue weighted by molar-refractivity contribution is -0.138. The quantitative estimate of drug-likeness (QED) is 0.598. The minimum atomic E-state index is -4.33. The molecule has 0 fully saturated rings. The van der Waals surface area contributed by atoms with Gasteiger partial charge in [0, 0.05) is 17.9 Å². The second kappa shape index (κ2) is 9.12. The van der Waals surface area contributed by atoms with Crippen LogP contribution in [0.15, 0.2) is 42.5 Å². The summed E-state index contributed by atoms with van der Waals surface area (Å²) in [6, 6.07) is 11.4. The van der Waals surface area contributed by atoms with Crippen molar-refractivity contribution in [3.05, 3.63) is 64.7 Å². The van der Waals surface area contributed by atoms with Crippen LogP contribution >= 0.6 is 11.8 Å². The average molecular weight is 381 g/mol. The first-order valence-electron chi connectivity index (χ1n) is 8.38. The number of alkyl halides is 3. The predicted molar refractivity (Wildman–Crippen MR) is 101 cm³/mol. The third-order valence-corrected chi connectivity index (χ3v) is 5.11. The number of rotatable bonds is 7. The van der Waals surface area contributed by atoms with Gasteiger partial charge in [-0.15, -0.1) is 0 Å². The summed E-state index contributed by atoms with van der Waals surface area (Å²) in [6.07, 6.45) is -3.36. The highest BCUT2D eigenvalue weighted by Crippen LogP contribution is 2.33. The summed E-state index contributed by atoms with van der Waals surface area (Å²) in [5.41, 5.74) is 2.56. The van der Waals surface area contributed by atoms with Crippen LogP contribution in [0.1, 0.15) is 35.1 Å². The molecule has 0 aliphatic heterocycles. The van der Waals surface area contributed by atoms with Gasteiger partial charge in [0.1, 0.15) is 0 Å². The highest BCUT2D eigenvalue weighted by molar-refractivity contribution is 7.98. The van der Waals surface area contributed by atoms with E-state index in [9.17, 15) is 18.0 Å². The van der Waals surface area contributed by atoms with E-state index in [1.165, 1.54) is 23.9 Å². The molecule has 0 aliphatic rings. The van der Waals surface area contributed by atoms with Crippen molar-refractivity contribution < 1.29 is 18.0 Å². The van der Waals surface area contributed by atoms with Crippen molar-refractivity contribution in [2.45, 2.75) is 38.6 Å². The topological polar surface area (TPSA) is 29.1 Å². The highest BCUT2D eigenvalue weighted by Gasteiger charge is 2.32. The Morgan fingerprint density at radius 3 is 2.35 bits per heavy atom. The van der Waals surface area contributed by atoms with Gasteiger partial charge in [-0.25, -0.2) is 0 Å². The molecular weight excluding hydrogens is 359 g/mol. The summed E-state index contributed by atoms with van der Waals surface area (Å²) in [5, 5.41) is 2.92. The summed E-state index contributed by atoms with van der Waals surface area (Å²) >= 11 is 1.41. The van der Waals surface area contributed by atoms with Gasteiger partial charge < -0.3 is 5.32 Å². The molecule has 0 unspecified atom stereocenters. The van der Waals surface area contributed by atoms with E-state index in [0.29, 0.717) is 18.6 Å². The Hall–Kier alpha value is -1.95. The van der Waals surface area contributed by atoms with E-state index in [4.69, 9.17) is 0 Å². The van der Waals surface area contributed by atoms with Crippen molar-refractivity contribution in [1.82, 2.24) is 0 Å². The van der Waals surface area contributed by atoms with Crippen LogP contribution in [0.4, 0.5) is 18.9 Å². The van der Waals surface area contributed by atoms with Crippen LogP contribution in [0, 0.1) is 13.8 Å². The Labute approximate surface area is 156 Å². The molecule has 0 saturated carbocycles. The van der Waals surface area contributed by atoms with Crippen LogP contribution in [0.25, 0.3) is 0 Å². The van der Waals surface area contributed by atoms with Crippen LogP contribution in [0.5, 0.6) is 0 Å². The Bertz CT molecular complexity index is 739. The largest absolute Gasteiger partial charge is 0.416 e. The molecule has 2 aromatic carbocycles. The van der Waals surface area contributed by atoms with E-state index in [2.05, 4.69) is 5.32 Å². The number of thioether (sulfide) groups is 1. The lowest BCUT2D eigenvalue weighted by atomic mass is 10.1. The Morgan fingerprint density at radius 2 is 1.69 bits per heavy atom. The van der Waals surface area contributed by atoms with Gasteiger partial charge in [-0.05, 0) is 48.8 Å². The van der Waals surface area contributed by atoms with Gasteiger partial charge in [0.05, 0.1) is 5.56 Å². The molecule has 0 heterocycles. The highest BCUT2D eigenvalue weighted by atomic mass is 32.2. The number of nitrogens with one attached hydrogen (secondary N) is 1. The Balaban J connectivity index is 1.77. The second-order valence-electron chi connectivity index (χ2n) is 6.13. The summed E-state index contributed by atoms with van der Waals surface area (Å²) in [7, 11) is 0. The fourth-order valence-corrected chi connectivity index (χ4v) is 3.62. The molecule has 6 heteroatoms. The van der Waals surface area contributed by atoms with Gasteiger partial charge >= 0.3 is 6.18 Å². The lowest BCUT2D eigenvalue weighted by Gasteiger charge is -2.12. The standard InChI is InChI=1S/C20H22F3NOS/c1-14-7-5-8-15(2)19(14)24-18(25)11-6-12-26-13-16-9-3-4-10-17(16)20(21,22)23/h3-5,7-10H,6,11-13H2,1-2H3,(H,24,25). The molecule has 26 heavy (non-hydrogen) atoms. The maximum Gasteiger partial charge on any atom is 0.416 e. The van der Waals surface area contributed by atoms with E-state index in [1.807, 2.05) is 32.0 Å². The van der Waals surface area contributed by atoms with Crippen molar-refractivity contribution in [2.75, 3.05) is 11.1 Å². The zero-order valence-electron chi connectivity index (χ0n) is 14.8. The maximum atomic E-state index is 12.9. The van der Waals surface area contributed by atoms with Crippen LogP contribution in [-0.4, -0.2) is 11.7 Å². The molecule has 0 aliphatic carbocycles. The van der Waals surface area contributed by atoms with Crippen LogP contribution in [0.3, 0.4) is 0 Å². The van der Waals surface area contributed by atoms with Crippen molar-refractivity contribution in [1.29, 1.82) is 0 Å². The molecule has 1 amide bonds. The molecule has 0 aromatic heterocycles. The molecule has 2 rings (SSSR count). The zero-order valence-corrected chi connectivity index (χ0v) is 15.6. The second-order valence-corrected chi connectivity index (χ2v) is 7.23. The first-order chi connectivity index (χ1) is 12.3. The van der Waals surface area contributed by atoms with E-state index in [-0.39, 0.29) is 17.2 Å². The molecule has 0 bridgehead atoms. The van der Waals surface area contributed by atoms with Crippen LogP contribution < -0.4 is 5.32 Å². The van der Waals surface area contributed by atoms with Gasteiger partial charge in [-0.1, -0.05) is 36.4 Å². The van der Waals surface area contributed by atoms with Gasteiger partial charge in [-0.2, -0.15) is 24.9 Å². The minimum Gasteiger partial charge on any atom is -0.326 e. The number of halogens is 3. The monoisotopic (exact) mass is 381 g/mol. The van der Waals surface area contributed by atoms with E-state index in [1.54, 1.807) is 6.07 Å². The zero-order chi connectivity index (χ0) is 19.2. The predicted octanol–water partition coefficient (Wildman–Crippen LogP) is 5.97. The van der Waals surface area contributed by atoms with E-state index >= 15 is 0 Å². The van der Waals surface area contributed by atoms with Gasteiger partial charge in [0.2, 0.25) is 5.91 Å². The number of para-hydroxylation sites is 1. The first kappa shape index (κ1) is 20.4. The summed E-state index contributed by atoms with van der Waals surface area (Å²) in [5.74, 6) is 0.847. The van der Waals surface area contributed by atoms with Crippen molar-refractivity contribution in [2.24, 2.45) is 0 Å². The molecule has 0 spiro atoms. The molecular formula is C20H22F3NOS. The summed E-state index contributed by atoms with van der Waals surface area (Å²) in [4.78, 5) is 12.1. The van der Waals surface area contributed by atoms with Crippen LogP contribution in [-0.2, 0) is 16.7 Å². The molecule has 0 atom stereocenters. The molecule has 0 radical (unpaired) electrons. The smallest absolute Gasteiger partial charge is 0.326 e. The first-order valence-corrected chi connectivity index (χ1v) is 9.53. The number of amides is 1. The Morgan fingerprint density at radius 1 is 1.04 bits per heavy atom. The molecule has 2 nitrogen and oxygen atoms in total. The number of aryl methyl sites for hydroxylation is 2. The molecule has 0 saturated heterocycles. The van der Waals surface area contributed by atoms with E-state index < -0.39 is 11.7 Å². The number of carbonyl (C=O) groups excluding carboxylic acids is 1. The summed E-state index contributed by atoms with van der Waals surface area (Å²) < 4.78 is 38.8. The summed E-state index contributed by atoms with van der Waals surface area (Å²) in [6.45, 7) is 3.88. The lowest BCUT2D eigenvalue weighted by Crippen LogP contribution is -2.13. The van der Waals surface area contributed by atoms with Gasteiger partial charge in [0.25, 0.3) is 0 Å². The molecule has 140 valence electrons. The van der Waals surface area contributed by atoms with Gasteiger partial charge in [0.15, 0.2) is 0 Å². The number of benzene rings is 2. The van der Waals surface area contributed by atoms with Crippen molar-refractivity contribution in [3.63, 3.8) is 0 Å². The Kier molecular flexibility index (Phi) is 7.14. The third kappa shape index (κ3) is 5.80. The number of hydrogen-bond acceptors (Lipinski definition) is 2. The fraction of sp³-hybridized carbons (Fsp3) is 0.350. The maximum absolute atomic E-state index is 12.9.